The highest BCUT2D eigenvalue weighted by Gasteiger charge is 2.08. The molecular weight excluding hydrogens is 276 g/mol. The van der Waals surface area contributed by atoms with Gasteiger partial charge in [0.2, 0.25) is 0 Å². The number of ether oxygens (including phenoxy) is 2. The first-order chi connectivity index (χ1) is 10.9. The van der Waals surface area contributed by atoms with Crippen LogP contribution in [0.15, 0.2) is 60.7 Å². The van der Waals surface area contributed by atoms with Crippen LogP contribution < -0.4 is 0 Å². The Labute approximate surface area is 131 Å². The zero-order chi connectivity index (χ0) is 15.5. The molecule has 0 fully saturated rings. The number of aldehydes is 1. The largest absolute Gasteiger partial charge is 0.377 e. The van der Waals surface area contributed by atoms with Crippen molar-refractivity contribution in [3.8, 4) is 0 Å². The summed E-state index contributed by atoms with van der Waals surface area (Å²) in [5.41, 5.74) is 2.26. The molecule has 0 unspecified atom stereocenters. The van der Waals surface area contributed by atoms with Crippen LogP contribution in [0.4, 0.5) is 0 Å². The van der Waals surface area contributed by atoms with Crippen molar-refractivity contribution in [3.05, 3.63) is 71.8 Å². The van der Waals surface area contributed by atoms with Crippen molar-refractivity contribution in [2.24, 2.45) is 5.92 Å². The second kappa shape index (κ2) is 9.87. The van der Waals surface area contributed by atoms with Gasteiger partial charge in [-0.05, 0) is 17.5 Å². The number of hydrogen-bond donors (Lipinski definition) is 0. The average Bonchev–Trinajstić information content (AvgIpc) is 2.59. The third kappa shape index (κ3) is 6.20. The molecule has 0 aliphatic heterocycles. The van der Waals surface area contributed by atoms with E-state index in [0.29, 0.717) is 32.8 Å². The molecule has 3 nitrogen and oxygen atoms in total. The van der Waals surface area contributed by atoms with Crippen LogP contribution in [0.3, 0.4) is 0 Å². The third-order valence-corrected chi connectivity index (χ3v) is 3.38. The van der Waals surface area contributed by atoms with E-state index in [-0.39, 0.29) is 5.92 Å². The molecule has 0 spiro atoms. The molecule has 2 aromatic carbocycles. The minimum Gasteiger partial charge on any atom is -0.377 e. The zero-order valence-electron chi connectivity index (χ0n) is 12.7. The first kappa shape index (κ1) is 16.4. The molecule has 2 rings (SSSR count). The van der Waals surface area contributed by atoms with E-state index in [1.54, 1.807) is 0 Å². The van der Waals surface area contributed by atoms with Gasteiger partial charge in [-0.15, -0.1) is 0 Å². The number of carbonyl (C=O) groups excluding carboxylic acids is 1. The molecule has 0 aliphatic rings. The van der Waals surface area contributed by atoms with Crippen LogP contribution in [0, 0.1) is 5.92 Å². The zero-order valence-corrected chi connectivity index (χ0v) is 12.7. The second-order valence-corrected chi connectivity index (χ2v) is 5.22. The molecule has 1 atom stereocenters. The Morgan fingerprint density at radius 2 is 1.36 bits per heavy atom. The van der Waals surface area contributed by atoms with Gasteiger partial charge in [-0.3, -0.25) is 0 Å². The Morgan fingerprint density at radius 1 is 0.818 bits per heavy atom. The predicted molar refractivity (Wildman–Crippen MR) is 86.4 cm³/mol. The highest BCUT2D eigenvalue weighted by Crippen LogP contribution is 2.07. The van der Waals surface area contributed by atoms with E-state index in [2.05, 4.69) is 0 Å². The van der Waals surface area contributed by atoms with Crippen LogP contribution >= 0.6 is 0 Å². The lowest BCUT2D eigenvalue weighted by atomic mass is 10.1. The van der Waals surface area contributed by atoms with Gasteiger partial charge in [0.25, 0.3) is 0 Å². The Kier molecular flexibility index (Phi) is 7.36. The highest BCUT2D eigenvalue weighted by molar-refractivity contribution is 5.53. The van der Waals surface area contributed by atoms with Crippen LogP contribution in [-0.2, 0) is 27.5 Å². The summed E-state index contributed by atoms with van der Waals surface area (Å²) < 4.78 is 11.2. The van der Waals surface area contributed by atoms with Gasteiger partial charge in [-0.1, -0.05) is 60.7 Å². The van der Waals surface area contributed by atoms with Crippen LogP contribution in [0.2, 0.25) is 0 Å². The standard InChI is InChI=1S/C19H22O3/c20-13-19(16-22-15-18-9-5-2-6-10-18)11-12-21-14-17-7-3-1-4-8-17/h1-10,13,19H,11-12,14-16H2/t19-/m0/s1. The Balaban J connectivity index is 1.59. The molecule has 0 heterocycles. The summed E-state index contributed by atoms with van der Waals surface area (Å²) >= 11 is 0. The van der Waals surface area contributed by atoms with E-state index in [9.17, 15) is 4.79 Å². The van der Waals surface area contributed by atoms with E-state index >= 15 is 0 Å². The van der Waals surface area contributed by atoms with Crippen molar-refractivity contribution in [1.29, 1.82) is 0 Å². The number of hydrogen-bond acceptors (Lipinski definition) is 3. The van der Waals surface area contributed by atoms with Crippen LogP contribution in [0.5, 0.6) is 0 Å². The lowest BCUT2D eigenvalue weighted by Gasteiger charge is -2.11. The van der Waals surface area contributed by atoms with Gasteiger partial charge in [-0.2, -0.15) is 0 Å². The van der Waals surface area contributed by atoms with E-state index in [1.165, 1.54) is 0 Å². The molecule has 0 saturated carbocycles. The molecule has 0 amide bonds. The summed E-state index contributed by atoms with van der Waals surface area (Å²) in [5.74, 6) is -0.112. The molecule has 0 aromatic heterocycles. The van der Waals surface area contributed by atoms with Crippen molar-refractivity contribution in [2.45, 2.75) is 19.6 Å². The Hall–Kier alpha value is -1.97. The molecular formula is C19H22O3. The maximum absolute atomic E-state index is 11.1. The summed E-state index contributed by atoms with van der Waals surface area (Å²) in [6.45, 7) is 2.12. The van der Waals surface area contributed by atoms with Crippen LogP contribution in [-0.4, -0.2) is 19.5 Å². The van der Waals surface area contributed by atoms with E-state index in [0.717, 1.165) is 17.4 Å². The predicted octanol–water partition coefficient (Wildman–Crippen LogP) is 3.63. The van der Waals surface area contributed by atoms with Crippen molar-refractivity contribution in [3.63, 3.8) is 0 Å². The van der Waals surface area contributed by atoms with E-state index in [4.69, 9.17) is 9.47 Å². The van der Waals surface area contributed by atoms with E-state index in [1.807, 2.05) is 60.7 Å². The molecule has 0 saturated heterocycles. The second-order valence-electron chi connectivity index (χ2n) is 5.22. The molecule has 0 aliphatic carbocycles. The molecule has 0 bridgehead atoms. The van der Waals surface area contributed by atoms with Gasteiger partial charge in [-0.25, -0.2) is 0 Å². The first-order valence-corrected chi connectivity index (χ1v) is 7.57. The fourth-order valence-electron chi connectivity index (χ4n) is 2.09. The number of carbonyl (C=O) groups is 1. The molecule has 0 N–H and O–H groups in total. The fraction of sp³-hybridized carbons (Fsp3) is 0.316. The first-order valence-electron chi connectivity index (χ1n) is 7.57. The van der Waals surface area contributed by atoms with Gasteiger partial charge in [0.05, 0.1) is 19.8 Å². The maximum atomic E-state index is 11.1. The SMILES string of the molecule is O=C[C@H](CCOCc1ccccc1)COCc1ccccc1. The van der Waals surface area contributed by atoms with Gasteiger partial charge in [0.1, 0.15) is 6.29 Å². The van der Waals surface area contributed by atoms with Crippen molar-refractivity contribution < 1.29 is 14.3 Å². The van der Waals surface area contributed by atoms with E-state index < -0.39 is 0 Å². The summed E-state index contributed by atoms with van der Waals surface area (Å²) in [6.07, 6.45) is 1.64. The van der Waals surface area contributed by atoms with Gasteiger partial charge in [0.15, 0.2) is 0 Å². The quantitative estimate of drug-likeness (QED) is 0.496. The van der Waals surface area contributed by atoms with Crippen LogP contribution in [0.1, 0.15) is 17.5 Å². The topological polar surface area (TPSA) is 35.5 Å². The number of benzene rings is 2. The fourth-order valence-corrected chi connectivity index (χ4v) is 2.09. The van der Waals surface area contributed by atoms with Crippen molar-refractivity contribution in [1.82, 2.24) is 0 Å². The molecule has 116 valence electrons. The molecule has 3 heteroatoms. The third-order valence-electron chi connectivity index (χ3n) is 3.38. The van der Waals surface area contributed by atoms with Gasteiger partial charge < -0.3 is 14.3 Å². The maximum Gasteiger partial charge on any atom is 0.125 e. The van der Waals surface area contributed by atoms with Crippen LogP contribution in [0.25, 0.3) is 0 Å². The highest BCUT2D eigenvalue weighted by atomic mass is 16.5. The Morgan fingerprint density at radius 3 is 1.91 bits per heavy atom. The molecule has 22 heavy (non-hydrogen) atoms. The molecule has 0 radical (unpaired) electrons. The summed E-state index contributed by atoms with van der Waals surface area (Å²) in [6, 6.07) is 20.0. The average molecular weight is 298 g/mol. The smallest absolute Gasteiger partial charge is 0.125 e. The molecule has 2 aromatic rings. The number of rotatable bonds is 10. The monoisotopic (exact) mass is 298 g/mol. The lowest BCUT2D eigenvalue weighted by Crippen LogP contribution is -2.14. The summed E-state index contributed by atoms with van der Waals surface area (Å²) in [4.78, 5) is 11.1. The van der Waals surface area contributed by atoms with Gasteiger partial charge >= 0.3 is 0 Å². The normalized spacial score (nSPS) is 12.0. The Bertz CT molecular complexity index is 525. The van der Waals surface area contributed by atoms with Crippen molar-refractivity contribution >= 4 is 6.29 Å². The minimum absolute atomic E-state index is 0.112. The summed E-state index contributed by atoms with van der Waals surface area (Å²) in [7, 11) is 0. The van der Waals surface area contributed by atoms with Crippen molar-refractivity contribution in [2.75, 3.05) is 13.2 Å². The van der Waals surface area contributed by atoms with Gasteiger partial charge in [0, 0.05) is 12.5 Å². The minimum atomic E-state index is -0.112. The lowest BCUT2D eigenvalue weighted by molar-refractivity contribution is -0.113. The summed E-state index contributed by atoms with van der Waals surface area (Å²) in [5, 5.41) is 0.